The highest BCUT2D eigenvalue weighted by Gasteiger charge is 2.36. The summed E-state index contributed by atoms with van der Waals surface area (Å²) in [5.41, 5.74) is 6.77. The molecule has 1 aromatic rings. The Bertz CT molecular complexity index is 404. The van der Waals surface area contributed by atoms with E-state index in [0.717, 1.165) is 19.5 Å². The number of hydrogen-bond acceptors (Lipinski definition) is 3. The van der Waals surface area contributed by atoms with E-state index in [9.17, 15) is 4.79 Å². The van der Waals surface area contributed by atoms with Gasteiger partial charge in [0, 0.05) is 25.0 Å². The minimum Gasteiger partial charge on any atom is -0.330 e. The number of likely N-dealkylation sites (N-methyl/N-ethyl adjacent to an activating group) is 1. The van der Waals surface area contributed by atoms with Gasteiger partial charge in [-0.1, -0.05) is 0 Å². The summed E-state index contributed by atoms with van der Waals surface area (Å²) in [7, 11) is 1.88. The average molecular weight is 253 g/mol. The monoisotopic (exact) mass is 253 g/mol. The van der Waals surface area contributed by atoms with Crippen molar-refractivity contribution in [3.8, 4) is 0 Å². The van der Waals surface area contributed by atoms with Crippen molar-refractivity contribution in [1.82, 2.24) is 9.80 Å². The number of nitrogens with zero attached hydrogens (tertiary/aromatic N) is 2. The quantitative estimate of drug-likeness (QED) is 0.889. The van der Waals surface area contributed by atoms with E-state index in [1.54, 1.807) is 11.3 Å². The third kappa shape index (κ3) is 2.30. The lowest BCUT2D eigenvalue weighted by molar-refractivity contribution is 0.195. The number of nitrogens with two attached hydrogens (primary N) is 1. The van der Waals surface area contributed by atoms with Crippen LogP contribution in [0.3, 0.4) is 0 Å². The zero-order chi connectivity index (χ0) is 12.4. The van der Waals surface area contributed by atoms with Gasteiger partial charge in [-0.2, -0.15) is 0 Å². The molecule has 0 saturated carbocycles. The Balaban J connectivity index is 2.11. The largest absolute Gasteiger partial charge is 0.330 e. The molecule has 1 saturated heterocycles. The summed E-state index contributed by atoms with van der Waals surface area (Å²) in [5.74, 6) is 0. The van der Waals surface area contributed by atoms with Crippen molar-refractivity contribution in [2.45, 2.75) is 19.4 Å². The fourth-order valence-electron chi connectivity index (χ4n) is 2.22. The van der Waals surface area contributed by atoms with E-state index in [4.69, 9.17) is 5.73 Å². The highest BCUT2D eigenvalue weighted by molar-refractivity contribution is 7.10. The molecule has 1 unspecified atom stereocenters. The van der Waals surface area contributed by atoms with E-state index >= 15 is 0 Å². The van der Waals surface area contributed by atoms with Crippen LogP contribution >= 0.6 is 11.3 Å². The smallest absolute Gasteiger partial charge is 0.320 e. The van der Waals surface area contributed by atoms with Crippen molar-refractivity contribution in [2.24, 2.45) is 5.73 Å². The molecule has 2 heterocycles. The number of urea groups is 1. The van der Waals surface area contributed by atoms with Crippen LogP contribution in [0.15, 0.2) is 11.4 Å². The van der Waals surface area contributed by atoms with Crippen molar-refractivity contribution >= 4 is 17.4 Å². The Hall–Kier alpha value is -1.07. The van der Waals surface area contributed by atoms with E-state index < -0.39 is 0 Å². The summed E-state index contributed by atoms with van der Waals surface area (Å²) < 4.78 is 0. The van der Waals surface area contributed by atoms with Crippen LogP contribution in [0.5, 0.6) is 0 Å². The van der Waals surface area contributed by atoms with Crippen LogP contribution in [0.2, 0.25) is 0 Å². The summed E-state index contributed by atoms with van der Waals surface area (Å²) in [5, 5.41) is 2.09. The van der Waals surface area contributed by atoms with Crippen molar-refractivity contribution in [1.29, 1.82) is 0 Å². The van der Waals surface area contributed by atoms with Gasteiger partial charge in [0.25, 0.3) is 0 Å². The van der Waals surface area contributed by atoms with Gasteiger partial charge in [0.2, 0.25) is 0 Å². The summed E-state index contributed by atoms with van der Waals surface area (Å²) in [6.07, 6.45) is 0.871. The molecule has 17 heavy (non-hydrogen) atoms. The highest BCUT2D eigenvalue weighted by Crippen LogP contribution is 2.33. The number of carbonyl (C=O) groups excluding carboxylic acids is 1. The van der Waals surface area contributed by atoms with E-state index in [0.29, 0.717) is 6.54 Å². The first-order valence-electron chi connectivity index (χ1n) is 5.91. The van der Waals surface area contributed by atoms with Gasteiger partial charge in [-0.05, 0) is 36.9 Å². The molecule has 1 aliphatic heterocycles. The SMILES string of the molecule is Cc1ccsc1C1CN(CCCN)C(=O)N1C. The molecule has 1 aliphatic rings. The number of amides is 2. The second kappa shape index (κ2) is 5.06. The molecule has 4 nitrogen and oxygen atoms in total. The molecule has 94 valence electrons. The minimum atomic E-state index is 0.122. The van der Waals surface area contributed by atoms with Gasteiger partial charge in [0.05, 0.1) is 6.04 Å². The fraction of sp³-hybridized carbons (Fsp3) is 0.583. The highest BCUT2D eigenvalue weighted by atomic mass is 32.1. The third-order valence-electron chi connectivity index (χ3n) is 3.27. The molecule has 2 amide bonds. The van der Waals surface area contributed by atoms with Crippen LogP contribution in [0.1, 0.15) is 22.9 Å². The Kier molecular flexibility index (Phi) is 3.69. The van der Waals surface area contributed by atoms with Crippen molar-refractivity contribution in [2.75, 3.05) is 26.7 Å². The third-order valence-corrected chi connectivity index (χ3v) is 4.39. The topological polar surface area (TPSA) is 49.6 Å². The molecule has 0 radical (unpaired) electrons. The van der Waals surface area contributed by atoms with Crippen LogP contribution in [0.25, 0.3) is 0 Å². The van der Waals surface area contributed by atoms with Gasteiger partial charge < -0.3 is 15.5 Å². The zero-order valence-corrected chi connectivity index (χ0v) is 11.2. The Morgan fingerprint density at radius 1 is 1.59 bits per heavy atom. The van der Waals surface area contributed by atoms with Crippen LogP contribution in [0.4, 0.5) is 4.79 Å². The molecule has 0 spiro atoms. The number of rotatable bonds is 4. The number of aryl methyl sites for hydroxylation is 1. The van der Waals surface area contributed by atoms with E-state index in [-0.39, 0.29) is 12.1 Å². The van der Waals surface area contributed by atoms with Gasteiger partial charge in [-0.15, -0.1) is 11.3 Å². The van der Waals surface area contributed by atoms with Gasteiger partial charge >= 0.3 is 6.03 Å². The summed E-state index contributed by atoms with van der Waals surface area (Å²) in [6, 6.07) is 2.44. The average Bonchev–Trinajstić information content (AvgIpc) is 2.84. The predicted molar refractivity (Wildman–Crippen MR) is 70.2 cm³/mol. The second-order valence-corrected chi connectivity index (χ2v) is 5.41. The lowest BCUT2D eigenvalue weighted by Gasteiger charge is -2.17. The van der Waals surface area contributed by atoms with Crippen LogP contribution in [0, 0.1) is 6.92 Å². The first-order chi connectivity index (χ1) is 8.15. The summed E-state index contributed by atoms with van der Waals surface area (Å²) in [6.45, 7) is 4.29. The van der Waals surface area contributed by atoms with Crippen molar-refractivity contribution < 1.29 is 4.79 Å². The standard InChI is InChI=1S/C12H19N3OS/c1-9-4-7-17-11(9)10-8-15(6-3-5-13)12(16)14(10)2/h4,7,10H,3,5-6,8,13H2,1-2H3. The second-order valence-electron chi connectivity index (χ2n) is 4.47. The molecule has 1 aromatic heterocycles. The maximum atomic E-state index is 12.0. The molecule has 2 N–H and O–H groups in total. The number of thiophene rings is 1. The first-order valence-corrected chi connectivity index (χ1v) is 6.79. The first kappa shape index (κ1) is 12.4. The predicted octanol–water partition coefficient (Wildman–Crippen LogP) is 1.81. The molecule has 0 bridgehead atoms. The fourth-order valence-corrected chi connectivity index (χ4v) is 3.28. The van der Waals surface area contributed by atoms with Crippen LogP contribution < -0.4 is 5.73 Å². The van der Waals surface area contributed by atoms with Gasteiger partial charge in [-0.3, -0.25) is 0 Å². The molecular formula is C12H19N3OS. The number of hydrogen-bond donors (Lipinski definition) is 1. The van der Waals surface area contributed by atoms with Gasteiger partial charge in [0.15, 0.2) is 0 Å². The molecule has 0 aromatic carbocycles. The lowest BCUT2D eigenvalue weighted by atomic mass is 10.1. The van der Waals surface area contributed by atoms with Crippen molar-refractivity contribution in [3.05, 3.63) is 21.9 Å². The van der Waals surface area contributed by atoms with Crippen LogP contribution in [-0.4, -0.2) is 42.5 Å². The normalized spacial score (nSPS) is 20.4. The minimum absolute atomic E-state index is 0.122. The maximum Gasteiger partial charge on any atom is 0.320 e. The molecule has 2 rings (SSSR count). The molecule has 1 atom stereocenters. The van der Waals surface area contributed by atoms with Gasteiger partial charge in [0.1, 0.15) is 0 Å². The molecule has 0 aliphatic carbocycles. The molecule has 1 fully saturated rings. The van der Waals surface area contributed by atoms with E-state index in [2.05, 4.69) is 18.4 Å². The summed E-state index contributed by atoms with van der Waals surface area (Å²) >= 11 is 1.73. The molecular weight excluding hydrogens is 234 g/mol. The molecule has 5 heteroatoms. The lowest BCUT2D eigenvalue weighted by Crippen LogP contribution is -2.31. The van der Waals surface area contributed by atoms with Crippen molar-refractivity contribution in [3.63, 3.8) is 0 Å². The van der Waals surface area contributed by atoms with E-state index in [1.807, 2.05) is 16.8 Å². The maximum absolute atomic E-state index is 12.0. The van der Waals surface area contributed by atoms with Crippen LogP contribution in [-0.2, 0) is 0 Å². The Morgan fingerprint density at radius 3 is 2.94 bits per heavy atom. The Morgan fingerprint density at radius 2 is 2.35 bits per heavy atom. The Labute approximate surface area is 106 Å². The van der Waals surface area contributed by atoms with E-state index in [1.165, 1.54) is 10.4 Å². The zero-order valence-electron chi connectivity index (χ0n) is 10.3. The van der Waals surface area contributed by atoms with Gasteiger partial charge in [-0.25, -0.2) is 4.79 Å². The number of carbonyl (C=O) groups is 1. The summed E-state index contributed by atoms with van der Waals surface area (Å²) in [4.78, 5) is 17.1.